The monoisotopic (exact) mass is 276 g/mol. The average molecular weight is 276 g/mol. The first-order valence-corrected chi connectivity index (χ1v) is 5.46. The highest BCUT2D eigenvalue weighted by molar-refractivity contribution is 5.87. The average Bonchev–Trinajstić information content (AvgIpc) is 2.88. The van der Waals surface area contributed by atoms with E-state index in [2.05, 4.69) is 15.1 Å². The molecule has 2 aromatic heterocycles. The smallest absolute Gasteiger partial charge is 0.354 e. The molecule has 0 aliphatic rings. The fourth-order valence-electron chi connectivity index (χ4n) is 1.80. The second-order valence-electron chi connectivity index (χ2n) is 3.93. The molecular weight excluding hydrogens is 270 g/mol. The standard InChI is InChI=1S/C12H6F2N4O2/c13-6-1-2-8(14)7(3-6)9-4-10(11(19)20)18-12(17-9)15-5-16-18/h1-5H,(H,19,20). The Labute approximate surface area is 110 Å². The van der Waals surface area contributed by atoms with Gasteiger partial charge in [-0.2, -0.15) is 14.6 Å². The molecule has 8 heteroatoms. The van der Waals surface area contributed by atoms with E-state index < -0.39 is 17.6 Å². The Morgan fingerprint density at radius 1 is 1.25 bits per heavy atom. The Balaban J connectivity index is 2.31. The SMILES string of the molecule is O=C(O)c1cc(-c2cc(F)ccc2F)nc2ncnn12. The van der Waals surface area contributed by atoms with E-state index in [1.54, 1.807) is 0 Å². The van der Waals surface area contributed by atoms with Crippen molar-refractivity contribution in [1.82, 2.24) is 19.6 Å². The maximum atomic E-state index is 13.7. The number of carbonyl (C=O) groups is 1. The fraction of sp³-hybridized carbons (Fsp3) is 0. The van der Waals surface area contributed by atoms with Crippen LogP contribution in [0, 0.1) is 11.6 Å². The molecule has 2 heterocycles. The lowest BCUT2D eigenvalue weighted by Crippen LogP contribution is -2.08. The lowest BCUT2D eigenvalue weighted by molar-refractivity contribution is 0.0687. The van der Waals surface area contributed by atoms with Gasteiger partial charge < -0.3 is 5.11 Å². The van der Waals surface area contributed by atoms with Crippen molar-refractivity contribution in [3.8, 4) is 11.3 Å². The number of aromatic carboxylic acids is 1. The van der Waals surface area contributed by atoms with E-state index in [0.29, 0.717) is 0 Å². The van der Waals surface area contributed by atoms with Gasteiger partial charge in [-0.1, -0.05) is 0 Å². The number of aromatic nitrogens is 4. The van der Waals surface area contributed by atoms with Gasteiger partial charge in [-0.05, 0) is 24.3 Å². The van der Waals surface area contributed by atoms with E-state index >= 15 is 0 Å². The normalized spacial score (nSPS) is 10.9. The highest BCUT2D eigenvalue weighted by Gasteiger charge is 2.16. The molecule has 0 amide bonds. The molecule has 0 saturated carbocycles. The van der Waals surface area contributed by atoms with Crippen LogP contribution in [-0.2, 0) is 0 Å². The van der Waals surface area contributed by atoms with Crippen molar-refractivity contribution in [2.45, 2.75) is 0 Å². The van der Waals surface area contributed by atoms with Gasteiger partial charge in [0.2, 0.25) is 0 Å². The van der Waals surface area contributed by atoms with Crippen LogP contribution in [0.2, 0.25) is 0 Å². The zero-order chi connectivity index (χ0) is 14.3. The molecule has 3 aromatic rings. The number of benzene rings is 1. The van der Waals surface area contributed by atoms with E-state index in [0.717, 1.165) is 35.1 Å². The Hall–Kier alpha value is -2.90. The van der Waals surface area contributed by atoms with Crippen LogP contribution >= 0.6 is 0 Å². The lowest BCUT2D eigenvalue weighted by atomic mass is 10.1. The van der Waals surface area contributed by atoms with E-state index in [1.165, 1.54) is 0 Å². The minimum atomic E-state index is -1.28. The number of carboxylic acids is 1. The minimum Gasteiger partial charge on any atom is -0.477 e. The van der Waals surface area contributed by atoms with E-state index in [1.807, 2.05) is 0 Å². The van der Waals surface area contributed by atoms with E-state index in [4.69, 9.17) is 5.11 Å². The highest BCUT2D eigenvalue weighted by atomic mass is 19.1. The van der Waals surface area contributed by atoms with Gasteiger partial charge in [0.25, 0.3) is 5.78 Å². The summed E-state index contributed by atoms with van der Waals surface area (Å²) < 4.78 is 27.9. The summed E-state index contributed by atoms with van der Waals surface area (Å²) in [7, 11) is 0. The molecule has 0 aliphatic carbocycles. The van der Waals surface area contributed by atoms with Crippen LogP contribution in [0.25, 0.3) is 17.0 Å². The lowest BCUT2D eigenvalue weighted by Gasteiger charge is -2.05. The van der Waals surface area contributed by atoms with E-state index in [-0.39, 0.29) is 22.7 Å². The Morgan fingerprint density at radius 2 is 2.05 bits per heavy atom. The number of hydrogen-bond donors (Lipinski definition) is 1. The molecule has 0 radical (unpaired) electrons. The Morgan fingerprint density at radius 3 is 2.80 bits per heavy atom. The molecule has 6 nitrogen and oxygen atoms in total. The van der Waals surface area contributed by atoms with Gasteiger partial charge in [0.05, 0.1) is 5.69 Å². The van der Waals surface area contributed by atoms with Crippen LogP contribution in [0.15, 0.2) is 30.6 Å². The van der Waals surface area contributed by atoms with Crippen LogP contribution in [0.5, 0.6) is 0 Å². The molecule has 0 atom stereocenters. The third kappa shape index (κ3) is 1.87. The number of hydrogen-bond acceptors (Lipinski definition) is 4. The van der Waals surface area contributed by atoms with Gasteiger partial charge >= 0.3 is 5.97 Å². The van der Waals surface area contributed by atoms with Crippen LogP contribution in [0.4, 0.5) is 8.78 Å². The van der Waals surface area contributed by atoms with Gasteiger partial charge in [-0.15, -0.1) is 0 Å². The molecule has 20 heavy (non-hydrogen) atoms. The van der Waals surface area contributed by atoms with Gasteiger partial charge in [-0.25, -0.2) is 18.6 Å². The van der Waals surface area contributed by atoms with Gasteiger partial charge in [0.15, 0.2) is 5.69 Å². The summed E-state index contributed by atoms with van der Waals surface area (Å²) in [6.45, 7) is 0. The van der Waals surface area contributed by atoms with Crippen molar-refractivity contribution in [2.24, 2.45) is 0 Å². The van der Waals surface area contributed by atoms with Crippen molar-refractivity contribution in [3.63, 3.8) is 0 Å². The first kappa shape index (κ1) is 12.2. The van der Waals surface area contributed by atoms with Crippen LogP contribution in [0.3, 0.4) is 0 Å². The summed E-state index contributed by atoms with van der Waals surface area (Å²) in [5.74, 6) is -2.65. The third-order valence-corrected chi connectivity index (χ3v) is 2.68. The molecule has 0 saturated heterocycles. The maximum Gasteiger partial charge on any atom is 0.354 e. The minimum absolute atomic E-state index is 0.0106. The van der Waals surface area contributed by atoms with Crippen molar-refractivity contribution in [3.05, 3.63) is 47.9 Å². The molecule has 3 rings (SSSR count). The predicted molar refractivity (Wildman–Crippen MR) is 63.1 cm³/mol. The zero-order valence-electron chi connectivity index (χ0n) is 9.79. The van der Waals surface area contributed by atoms with Crippen LogP contribution < -0.4 is 0 Å². The van der Waals surface area contributed by atoms with Crippen molar-refractivity contribution in [2.75, 3.05) is 0 Å². The number of carboxylic acid groups (broad SMARTS) is 1. The topological polar surface area (TPSA) is 80.4 Å². The molecule has 0 spiro atoms. The highest BCUT2D eigenvalue weighted by Crippen LogP contribution is 2.23. The summed E-state index contributed by atoms with van der Waals surface area (Å²) in [5, 5.41) is 12.8. The Kier molecular flexibility index (Phi) is 2.63. The second-order valence-corrected chi connectivity index (χ2v) is 3.93. The number of halogens is 2. The first-order chi connectivity index (χ1) is 9.56. The zero-order valence-corrected chi connectivity index (χ0v) is 9.79. The molecule has 0 bridgehead atoms. The van der Waals surface area contributed by atoms with Crippen molar-refractivity contribution < 1.29 is 18.7 Å². The molecule has 0 unspecified atom stereocenters. The summed E-state index contributed by atoms with van der Waals surface area (Å²) in [6.07, 6.45) is 1.13. The van der Waals surface area contributed by atoms with Gasteiger partial charge in [-0.3, -0.25) is 0 Å². The summed E-state index contributed by atoms with van der Waals surface area (Å²) in [6, 6.07) is 3.96. The molecule has 1 N–H and O–H groups in total. The second kappa shape index (κ2) is 4.34. The van der Waals surface area contributed by atoms with Crippen LogP contribution in [-0.4, -0.2) is 30.7 Å². The largest absolute Gasteiger partial charge is 0.477 e. The van der Waals surface area contributed by atoms with Crippen molar-refractivity contribution >= 4 is 11.7 Å². The predicted octanol–water partition coefficient (Wildman–Crippen LogP) is 1.77. The molecule has 100 valence electrons. The molecule has 0 fully saturated rings. The summed E-state index contributed by atoms with van der Waals surface area (Å²) in [5.41, 5.74) is -0.413. The summed E-state index contributed by atoms with van der Waals surface area (Å²) in [4.78, 5) is 18.9. The fourth-order valence-corrected chi connectivity index (χ4v) is 1.80. The number of nitrogens with zero attached hydrogens (tertiary/aromatic N) is 4. The molecule has 0 aliphatic heterocycles. The number of rotatable bonds is 2. The maximum absolute atomic E-state index is 13.7. The first-order valence-electron chi connectivity index (χ1n) is 5.46. The molecular formula is C12H6F2N4O2. The van der Waals surface area contributed by atoms with Gasteiger partial charge in [0, 0.05) is 5.56 Å². The third-order valence-electron chi connectivity index (χ3n) is 2.68. The van der Waals surface area contributed by atoms with Crippen LogP contribution in [0.1, 0.15) is 10.5 Å². The number of fused-ring (bicyclic) bond motifs is 1. The Bertz CT molecular complexity index is 831. The van der Waals surface area contributed by atoms with E-state index in [9.17, 15) is 13.6 Å². The quantitative estimate of drug-likeness (QED) is 0.771. The molecule has 1 aromatic carbocycles. The van der Waals surface area contributed by atoms with Crippen molar-refractivity contribution in [1.29, 1.82) is 0 Å². The summed E-state index contributed by atoms with van der Waals surface area (Å²) >= 11 is 0. The van der Waals surface area contributed by atoms with Gasteiger partial charge in [0.1, 0.15) is 18.0 Å².